The van der Waals surface area contributed by atoms with Gasteiger partial charge in [-0.2, -0.15) is 4.98 Å². The molecule has 1 saturated carbocycles. The van der Waals surface area contributed by atoms with Gasteiger partial charge in [0.05, 0.1) is 6.10 Å². The molecule has 0 bridgehead atoms. The van der Waals surface area contributed by atoms with Gasteiger partial charge in [0.1, 0.15) is 5.82 Å². The van der Waals surface area contributed by atoms with Crippen molar-refractivity contribution in [1.29, 1.82) is 0 Å². The molecule has 1 aromatic rings. The first kappa shape index (κ1) is 22.7. The molecule has 3 aliphatic rings. The number of aliphatic hydroxyl groups is 1. The van der Waals surface area contributed by atoms with Gasteiger partial charge < -0.3 is 21.1 Å². The molecule has 1 aromatic heterocycles. The fraction of sp³-hybridized carbons (Fsp3) is 0.833. The van der Waals surface area contributed by atoms with Gasteiger partial charge in [-0.15, -0.1) is 0 Å². The SMILES string of the molecule is NCCC[C@@H]1[C@@H](Nc2nccc(N3CCCCCC3)n2)CCN1CC1CCC(O)CC1. The smallest absolute Gasteiger partial charge is 0.224 e. The summed E-state index contributed by atoms with van der Waals surface area (Å²) in [6.07, 6.45) is 14.5. The van der Waals surface area contributed by atoms with Crippen LogP contribution < -0.4 is 16.0 Å². The van der Waals surface area contributed by atoms with E-state index < -0.39 is 0 Å². The predicted octanol–water partition coefficient (Wildman–Crippen LogP) is 3.00. The molecule has 0 amide bonds. The first-order valence-electron chi connectivity index (χ1n) is 12.7. The molecule has 1 aliphatic carbocycles. The molecule has 3 fully saturated rings. The Hall–Kier alpha value is -1.44. The van der Waals surface area contributed by atoms with Gasteiger partial charge in [-0.1, -0.05) is 12.8 Å². The molecular weight excluding hydrogens is 388 g/mol. The Morgan fingerprint density at radius 3 is 2.55 bits per heavy atom. The zero-order valence-electron chi connectivity index (χ0n) is 19.1. The van der Waals surface area contributed by atoms with Gasteiger partial charge >= 0.3 is 0 Å². The van der Waals surface area contributed by atoms with Crippen molar-refractivity contribution in [2.75, 3.05) is 42.9 Å². The van der Waals surface area contributed by atoms with Crippen LogP contribution in [0.4, 0.5) is 11.8 Å². The molecule has 7 heteroatoms. The summed E-state index contributed by atoms with van der Waals surface area (Å²) < 4.78 is 0. The average Bonchev–Trinajstić information content (AvgIpc) is 2.98. The van der Waals surface area contributed by atoms with Crippen LogP contribution >= 0.6 is 0 Å². The summed E-state index contributed by atoms with van der Waals surface area (Å²) in [4.78, 5) is 14.6. The van der Waals surface area contributed by atoms with Crippen molar-refractivity contribution < 1.29 is 5.11 Å². The minimum atomic E-state index is -0.0779. The second-order valence-electron chi connectivity index (χ2n) is 9.85. The van der Waals surface area contributed by atoms with Gasteiger partial charge in [0.2, 0.25) is 5.95 Å². The van der Waals surface area contributed by atoms with Crippen molar-refractivity contribution in [2.24, 2.45) is 11.7 Å². The summed E-state index contributed by atoms with van der Waals surface area (Å²) in [5.41, 5.74) is 5.87. The molecule has 3 heterocycles. The normalized spacial score (nSPS) is 30.3. The molecule has 2 atom stereocenters. The Labute approximate surface area is 187 Å². The molecule has 0 radical (unpaired) electrons. The highest BCUT2D eigenvalue weighted by Crippen LogP contribution is 2.30. The minimum absolute atomic E-state index is 0.0779. The molecule has 31 heavy (non-hydrogen) atoms. The number of anilines is 2. The zero-order valence-corrected chi connectivity index (χ0v) is 19.1. The first-order valence-corrected chi connectivity index (χ1v) is 12.7. The van der Waals surface area contributed by atoms with E-state index in [0.29, 0.717) is 18.0 Å². The molecule has 0 unspecified atom stereocenters. The van der Waals surface area contributed by atoms with E-state index in [1.165, 1.54) is 25.7 Å². The van der Waals surface area contributed by atoms with E-state index in [-0.39, 0.29) is 6.10 Å². The number of rotatable bonds is 8. The monoisotopic (exact) mass is 430 g/mol. The summed E-state index contributed by atoms with van der Waals surface area (Å²) in [6, 6.07) is 2.92. The average molecular weight is 431 g/mol. The van der Waals surface area contributed by atoms with E-state index in [0.717, 1.165) is 89.4 Å². The highest BCUT2D eigenvalue weighted by molar-refractivity contribution is 5.43. The Balaban J connectivity index is 1.39. The van der Waals surface area contributed by atoms with Gasteiger partial charge in [-0.3, -0.25) is 4.90 Å². The lowest BCUT2D eigenvalue weighted by Crippen LogP contribution is -2.42. The lowest BCUT2D eigenvalue weighted by atomic mass is 9.87. The van der Waals surface area contributed by atoms with Gasteiger partial charge in [0.25, 0.3) is 0 Å². The third-order valence-electron chi connectivity index (χ3n) is 7.56. The van der Waals surface area contributed by atoms with Gasteiger partial charge in [-0.05, 0) is 76.3 Å². The van der Waals surface area contributed by atoms with Crippen LogP contribution in [0, 0.1) is 5.92 Å². The van der Waals surface area contributed by atoms with Gasteiger partial charge in [0.15, 0.2) is 0 Å². The number of hydrogen-bond acceptors (Lipinski definition) is 7. The van der Waals surface area contributed by atoms with Crippen LogP contribution in [0.1, 0.15) is 70.6 Å². The predicted molar refractivity (Wildman–Crippen MR) is 126 cm³/mol. The molecule has 174 valence electrons. The van der Waals surface area contributed by atoms with Crippen molar-refractivity contribution >= 4 is 11.8 Å². The number of aromatic nitrogens is 2. The third-order valence-corrected chi connectivity index (χ3v) is 7.56. The Bertz CT molecular complexity index is 657. The highest BCUT2D eigenvalue weighted by Gasteiger charge is 2.35. The van der Waals surface area contributed by atoms with Crippen molar-refractivity contribution in [3.63, 3.8) is 0 Å². The minimum Gasteiger partial charge on any atom is -0.393 e. The Morgan fingerprint density at radius 2 is 1.81 bits per heavy atom. The fourth-order valence-electron chi connectivity index (χ4n) is 5.74. The first-order chi connectivity index (χ1) is 15.2. The van der Waals surface area contributed by atoms with Crippen molar-refractivity contribution in [2.45, 2.75) is 88.8 Å². The van der Waals surface area contributed by atoms with Crippen LogP contribution in [0.3, 0.4) is 0 Å². The third kappa shape index (κ3) is 6.30. The van der Waals surface area contributed by atoms with E-state index in [1.807, 2.05) is 6.20 Å². The maximum absolute atomic E-state index is 9.84. The lowest BCUT2D eigenvalue weighted by Gasteiger charge is -2.34. The summed E-state index contributed by atoms with van der Waals surface area (Å²) >= 11 is 0. The summed E-state index contributed by atoms with van der Waals surface area (Å²) in [7, 11) is 0. The summed E-state index contributed by atoms with van der Waals surface area (Å²) in [5.74, 6) is 2.55. The standard InChI is InChI=1S/C24H42N6O/c25-13-5-6-22-21(12-17-30(22)18-19-7-9-20(31)10-8-19)27-24-26-14-11-23(28-24)29-15-3-1-2-4-16-29/h11,14,19-22,31H,1-10,12-13,15-18,25H2,(H,26,27,28)/t19?,20?,21-,22+/m0/s1. The molecule has 0 aromatic carbocycles. The number of nitrogens with one attached hydrogen (secondary N) is 1. The molecule has 0 spiro atoms. The molecule has 4 rings (SSSR count). The Morgan fingerprint density at radius 1 is 1.03 bits per heavy atom. The number of nitrogens with zero attached hydrogens (tertiary/aromatic N) is 4. The van der Waals surface area contributed by atoms with Gasteiger partial charge in [-0.25, -0.2) is 4.98 Å². The molecule has 4 N–H and O–H groups in total. The maximum atomic E-state index is 9.84. The second-order valence-corrected chi connectivity index (χ2v) is 9.85. The number of likely N-dealkylation sites (tertiary alicyclic amines) is 1. The number of hydrogen-bond donors (Lipinski definition) is 3. The Kier molecular flexibility index (Phi) is 8.39. The fourth-order valence-corrected chi connectivity index (χ4v) is 5.74. The van der Waals surface area contributed by atoms with E-state index in [1.54, 1.807) is 0 Å². The van der Waals surface area contributed by atoms with Crippen molar-refractivity contribution in [3.8, 4) is 0 Å². The van der Waals surface area contributed by atoms with Crippen LogP contribution in [0.2, 0.25) is 0 Å². The molecule has 7 nitrogen and oxygen atoms in total. The molecule has 2 aliphatic heterocycles. The zero-order chi connectivity index (χ0) is 21.5. The van der Waals surface area contributed by atoms with E-state index >= 15 is 0 Å². The van der Waals surface area contributed by atoms with Crippen LogP contribution in [0.15, 0.2) is 12.3 Å². The van der Waals surface area contributed by atoms with E-state index in [9.17, 15) is 5.11 Å². The number of aliphatic hydroxyl groups excluding tert-OH is 1. The largest absolute Gasteiger partial charge is 0.393 e. The van der Waals surface area contributed by atoms with Crippen LogP contribution in [0.5, 0.6) is 0 Å². The van der Waals surface area contributed by atoms with Crippen molar-refractivity contribution in [3.05, 3.63) is 12.3 Å². The maximum Gasteiger partial charge on any atom is 0.224 e. The number of nitrogens with two attached hydrogens (primary N) is 1. The van der Waals surface area contributed by atoms with E-state index in [2.05, 4.69) is 26.2 Å². The van der Waals surface area contributed by atoms with Crippen LogP contribution in [-0.2, 0) is 0 Å². The van der Waals surface area contributed by atoms with E-state index in [4.69, 9.17) is 10.7 Å². The molecule has 2 saturated heterocycles. The topological polar surface area (TPSA) is 90.5 Å². The van der Waals surface area contributed by atoms with Crippen LogP contribution in [0.25, 0.3) is 0 Å². The van der Waals surface area contributed by atoms with Crippen LogP contribution in [-0.4, -0.2) is 70.9 Å². The quantitative estimate of drug-likeness (QED) is 0.584. The molecular formula is C24H42N6O. The lowest BCUT2D eigenvalue weighted by molar-refractivity contribution is 0.0900. The highest BCUT2D eigenvalue weighted by atomic mass is 16.3. The summed E-state index contributed by atoms with van der Waals surface area (Å²) in [5, 5.41) is 13.5. The van der Waals surface area contributed by atoms with Gasteiger partial charge in [0, 0.05) is 44.5 Å². The summed E-state index contributed by atoms with van der Waals surface area (Å²) in [6.45, 7) is 5.21. The van der Waals surface area contributed by atoms with Crippen molar-refractivity contribution in [1.82, 2.24) is 14.9 Å². The second kappa shape index (κ2) is 11.4.